The predicted octanol–water partition coefficient (Wildman–Crippen LogP) is 3.66. The monoisotopic (exact) mass is 230 g/mol. The second-order valence-corrected chi connectivity index (χ2v) is 4.85. The molecule has 0 radical (unpaired) electrons. The standard InChI is InChI=1S/C14H18N2O/c1-2-4-6-12(5-3-1)17-13-7-8-14-11(9-13)10-15-16-14/h7-10,12H,1-6H2,(H,15,16). The van der Waals surface area contributed by atoms with Gasteiger partial charge >= 0.3 is 0 Å². The molecule has 3 heteroatoms. The summed E-state index contributed by atoms with van der Waals surface area (Å²) in [4.78, 5) is 0. The average molecular weight is 230 g/mol. The number of nitrogens with one attached hydrogen (secondary N) is 1. The number of hydrogen-bond acceptors (Lipinski definition) is 2. The SMILES string of the molecule is c1cc2[nH]ncc2cc1OC1CCCCCC1. The number of H-pyrrole nitrogens is 1. The van der Waals surface area contributed by atoms with Crippen LogP contribution in [0, 0.1) is 0 Å². The summed E-state index contributed by atoms with van der Waals surface area (Å²) in [6.45, 7) is 0. The van der Waals surface area contributed by atoms with Gasteiger partial charge in [-0.25, -0.2) is 0 Å². The van der Waals surface area contributed by atoms with E-state index >= 15 is 0 Å². The maximum atomic E-state index is 6.07. The van der Waals surface area contributed by atoms with Crippen LogP contribution >= 0.6 is 0 Å². The van der Waals surface area contributed by atoms with Crippen LogP contribution in [-0.2, 0) is 0 Å². The molecule has 0 unspecified atom stereocenters. The summed E-state index contributed by atoms with van der Waals surface area (Å²) in [5, 5.41) is 8.10. The second-order valence-electron chi connectivity index (χ2n) is 4.85. The first-order valence-electron chi connectivity index (χ1n) is 6.51. The number of benzene rings is 1. The van der Waals surface area contributed by atoms with Crippen molar-refractivity contribution in [2.24, 2.45) is 0 Å². The Kier molecular flexibility index (Phi) is 2.99. The van der Waals surface area contributed by atoms with Crippen molar-refractivity contribution in [2.75, 3.05) is 0 Å². The zero-order valence-electron chi connectivity index (χ0n) is 9.98. The molecule has 1 heterocycles. The fourth-order valence-corrected chi connectivity index (χ4v) is 2.55. The molecule has 0 aliphatic heterocycles. The quantitative estimate of drug-likeness (QED) is 0.799. The van der Waals surface area contributed by atoms with E-state index in [0.717, 1.165) is 16.7 Å². The van der Waals surface area contributed by atoms with Crippen molar-refractivity contribution in [3.8, 4) is 5.75 Å². The zero-order chi connectivity index (χ0) is 11.5. The number of aromatic nitrogens is 2. The highest BCUT2D eigenvalue weighted by Gasteiger charge is 2.13. The Bertz CT molecular complexity index is 484. The lowest BCUT2D eigenvalue weighted by atomic mass is 10.1. The molecule has 1 saturated carbocycles. The molecule has 1 aliphatic carbocycles. The molecule has 1 aliphatic rings. The highest BCUT2D eigenvalue weighted by molar-refractivity contribution is 5.79. The maximum Gasteiger partial charge on any atom is 0.120 e. The van der Waals surface area contributed by atoms with Gasteiger partial charge in [-0.1, -0.05) is 12.8 Å². The molecule has 90 valence electrons. The van der Waals surface area contributed by atoms with Crippen molar-refractivity contribution < 1.29 is 4.74 Å². The lowest BCUT2D eigenvalue weighted by Gasteiger charge is -2.16. The van der Waals surface area contributed by atoms with Gasteiger partial charge in [-0.2, -0.15) is 5.10 Å². The van der Waals surface area contributed by atoms with Crippen molar-refractivity contribution in [3.63, 3.8) is 0 Å². The summed E-state index contributed by atoms with van der Waals surface area (Å²) >= 11 is 0. The predicted molar refractivity (Wildman–Crippen MR) is 68.2 cm³/mol. The van der Waals surface area contributed by atoms with Crippen LogP contribution < -0.4 is 4.74 Å². The Morgan fingerprint density at radius 1 is 1.12 bits per heavy atom. The van der Waals surface area contributed by atoms with Gasteiger partial charge in [0.15, 0.2) is 0 Å². The van der Waals surface area contributed by atoms with Crippen LogP contribution in [0.5, 0.6) is 5.75 Å². The number of nitrogens with zero attached hydrogens (tertiary/aromatic N) is 1. The van der Waals surface area contributed by atoms with Crippen LogP contribution in [0.1, 0.15) is 38.5 Å². The third-order valence-electron chi connectivity index (χ3n) is 3.52. The molecule has 1 N–H and O–H groups in total. The Morgan fingerprint density at radius 2 is 1.94 bits per heavy atom. The number of hydrogen-bond donors (Lipinski definition) is 1. The molecule has 0 saturated heterocycles. The van der Waals surface area contributed by atoms with Gasteiger partial charge in [0.25, 0.3) is 0 Å². The Morgan fingerprint density at radius 3 is 2.76 bits per heavy atom. The number of rotatable bonds is 2. The zero-order valence-corrected chi connectivity index (χ0v) is 9.98. The molecule has 0 amide bonds. The van der Waals surface area contributed by atoms with Crippen molar-refractivity contribution in [2.45, 2.75) is 44.6 Å². The molecule has 17 heavy (non-hydrogen) atoms. The van der Waals surface area contributed by atoms with E-state index in [0.29, 0.717) is 6.10 Å². The van der Waals surface area contributed by atoms with E-state index in [1.54, 1.807) is 0 Å². The minimum Gasteiger partial charge on any atom is -0.490 e. The van der Waals surface area contributed by atoms with E-state index in [4.69, 9.17) is 4.74 Å². The van der Waals surface area contributed by atoms with Crippen molar-refractivity contribution in [1.29, 1.82) is 0 Å². The van der Waals surface area contributed by atoms with Gasteiger partial charge in [0.1, 0.15) is 5.75 Å². The highest BCUT2D eigenvalue weighted by atomic mass is 16.5. The van der Waals surface area contributed by atoms with Crippen LogP contribution in [0.2, 0.25) is 0 Å². The molecule has 2 aromatic rings. The lowest BCUT2D eigenvalue weighted by molar-refractivity contribution is 0.184. The molecular formula is C14H18N2O. The van der Waals surface area contributed by atoms with Crippen molar-refractivity contribution >= 4 is 10.9 Å². The summed E-state index contributed by atoms with van der Waals surface area (Å²) in [6.07, 6.45) is 9.97. The van der Waals surface area contributed by atoms with Crippen LogP contribution in [0.25, 0.3) is 10.9 Å². The minimum atomic E-state index is 0.404. The van der Waals surface area contributed by atoms with E-state index in [9.17, 15) is 0 Å². The fraction of sp³-hybridized carbons (Fsp3) is 0.500. The van der Waals surface area contributed by atoms with Gasteiger partial charge in [-0.05, 0) is 43.9 Å². The van der Waals surface area contributed by atoms with E-state index in [1.807, 2.05) is 18.3 Å². The Hall–Kier alpha value is -1.51. The number of aromatic amines is 1. The van der Waals surface area contributed by atoms with Gasteiger partial charge in [0.2, 0.25) is 0 Å². The highest BCUT2D eigenvalue weighted by Crippen LogP contribution is 2.25. The molecule has 0 atom stereocenters. The smallest absolute Gasteiger partial charge is 0.120 e. The van der Waals surface area contributed by atoms with Crippen molar-refractivity contribution in [3.05, 3.63) is 24.4 Å². The van der Waals surface area contributed by atoms with E-state index < -0.39 is 0 Å². The normalized spacial score (nSPS) is 18.1. The number of fused-ring (bicyclic) bond motifs is 1. The van der Waals surface area contributed by atoms with Crippen LogP contribution in [-0.4, -0.2) is 16.3 Å². The second kappa shape index (κ2) is 4.78. The third kappa shape index (κ3) is 2.43. The largest absolute Gasteiger partial charge is 0.490 e. The van der Waals surface area contributed by atoms with E-state index in [2.05, 4.69) is 16.3 Å². The van der Waals surface area contributed by atoms with Crippen LogP contribution in [0.15, 0.2) is 24.4 Å². The van der Waals surface area contributed by atoms with E-state index in [1.165, 1.54) is 38.5 Å². The van der Waals surface area contributed by atoms with Gasteiger partial charge in [-0.3, -0.25) is 5.10 Å². The topological polar surface area (TPSA) is 37.9 Å². The molecule has 3 rings (SSSR count). The summed E-state index contributed by atoms with van der Waals surface area (Å²) in [5.41, 5.74) is 1.07. The van der Waals surface area contributed by atoms with Gasteiger partial charge in [-0.15, -0.1) is 0 Å². The summed E-state index contributed by atoms with van der Waals surface area (Å²) in [7, 11) is 0. The minimum absolute atomic E-state index is 0.404. The maximum absolute atomic E-state index is 6.07. The first-order valence-corrected chi connectivity index (χ1v) is 6.51. The molecule has 0 spiro atoms. The van der Waals surface area contributed by atoms with Crippen molar-refractivity contribution in [1.82, 2.24) is 10.2 Å². The first-order chi connectivity index (χ1) is 8.42. The Balaban J connectivity index is 1.74. The molecule has 0 bridgehead atoms. The summed E-state index contributed by atoms with van der Waals surface area (Å²) < 4.78 is 6.07. The Labute approximate surface area is 101 Å². The third-order valence-corrected chi connectivity index (χ3v) is 3.52. The summed E-state index contributed by atoms with van der Waals surface area (Å²) in [6, 6.07) is 6.14. The van der Waals surface area contributed by atoms with Crippen LogP contribution in [0.4, 0.5) is 0 Å². The molecule has 1 aromatic carbocycles. The van der Waals surface area contributed by atoms with E-state index in [-0.39, 0.29) is 0 Å². The lowest BCUT2D eigenvalue weighted by Crippen LogP contribution is -2.14. The van der Waals surface area contributed by atoms with Gasteiger partial charge in [0, 0.05) is 5.39 Å². The first kappa shape index (κ1) is 10.6. The molecule has 1 fully saturated rings. The molecule has 3 nitrogen and oxygen atoms in total. The molecular weight excluding hydrogens is 212 g/mol. The van der Waals surface area contributed by atoms with Gasteiger partial charge < -0.3 is 4.74 Å². The number of ether oxygens (including phenoxy) is 1. The van der Waals surface area contributed by atoms with Crippen LogP contribution in [0.3, 0.4) is 0 Å². The average Bonchev–Trinajstić information content (AvgIpc) is 2.65. The summed E-state index contributed by atoms with van der Waals surface area (Å²) in [5.74, 6) is 0.978. The fourth-order valence-electron chi connectivity index (χ4n) is 2.55. The molecule has 1 aromatic heterocycles. The van der Waals surface area contributed by atoms with Gasteiger partial charge in [0.05, 0.1) is 17.8 Å².